The third-order valence-corrected chi connectivity index (χ3v) is 1.96. The molecule has 1 aromatic carbocycles. The van der Waals surface area contributed by atoms with Crippen LogP contribution in [0.5, 0.6) is 5.75 Å². The van der Waals surface area contributed by atoms with Crippen molar-refractivity contribution in [3.05, 3.63) is 42.5 Å². The zero-order chi connectivity index (χ0) is 10.4. The van der Waals surface area contributed by atoms with Gasteiger partial charge in [-0.2, -0.15) is 0 Å². The van der Waals surface area contributed by atoms with Gasteiger partial charge in [-0.25, -0.2) is 0 Å². The molecule has 1 nitrogen and oxygen atoms in total. The molecular weight excluding hydrogens is 172 g/mol. The first kappa shape index (κ1) is 10.8. The van der Waals surface area contributed by atoms with Gasteiger partial charge in [0.05, 0.1) is 0 Å². The molecule has 0 aliphatic heterocycles. The monoisotopic (exact) mass is 190 g/mol. The molecule has 14 heavy (non-hydrogen) atoms. The van der Waals surface area contributed by atoms with Gasteiger partial charge in [-0.15, -0.1) is 0 Å². The summed E-state index contributed by atoms with van der Waals surface area (Å²) in [5.41, 5.74) is 1.28. The average Bonchev–Trinajstić information content (AvgIpc) is 2.16. The summed E-state index contributed by atoms with van der Waals surface area (Å²) >= 11 is 0. The van der Waals surface area contributed by atoms with Crippen molar-refractivity contribution >= 4 is 0 Å². The van der Waals surface area contributed by atoms with Crippen LogP contribution in [0.2, 0.25) is 0 Å². The van der Waals surface area contributed by atoms with E-state index in [1.54, 1.807) is 6.08 Å². The molecule has 0 N–H and O–H groups in total. The van der Waals surface area contributed by atoms with Crippen LogP contribution in [0.25, 0.3) is 0 Å². The maximum Gasteiger partial charge on any atom is 0.122 e. The van der Waals surface area contributed by atoms with Crippen LogP contribution in [-0.4, -0.2) is 6.61 Å². The van der Waals surface area contributed by atoms with Gasteiger partial charge >= 0.3 is 0 Å². The van der Waals surface area contributed by atoms with Crippen molar-refractivity contribution in [2.45, 2.75) is 20.3 Å². The Balaban J connectivity index is 2.74. The number of hydrogen-bond donors (Lipinski definition) is 0. The molecule has 76 valence electrons. The molecule has 0 heterocycles. The molecule has 0 saturated heterocycles. The Bertz CT molecular complexity index is 289. The summed E-state index contributed by atoms with van der Waals surface area (Å²) in [7, 11) is 0. The molecule has 0 aliphatic rings. The van der Waals surface area contributed by atoms with Crippen LogP contribution in [0.1, 0.15) is 19.4 Å². The van der Waals surface area contributed by atoms with Gasteiger partial charge in [0.1, 0.15) is 12.4 Å². The summed E-state index contributed by atoms with van der Waals surface area (Å²) in [5, 5.41) is 0. The van der Waals surface area contributed by atoms with Crippen molar-refractivity contribution in [3.63, 3.8) is 0 Å². The number of para-hydroxylation sites is 1. The van der Waals surface area contributed by atoms with Crippen LogP contribution >= 0.6 is 0 Å². The minimum Gasteiger partial charge on any atom is -0.489 e. The van der Waals surface area contributed by atoms with Gasteiger partial charge in [0.2, 0.25) is 0 Å². The maximum absolute atomic E-state index is 5.57. The molecule has 0 aliphatic carbocycles. The van der Waals surface area contributed by atoms with E-state index in [0.29, 0.717) is 12.5 Å². The van der Waals surface area contributed by atoms with E-state index in [1.165, 1.54) is 5.56 Å². The van der Waals surface area contributed by atoms with Gasteiger partial charge in [-0.3, -0.25) is 0 Å². The summed E-state index contributed by atoms with van der Waals surface area (Å²) < 4.78 is 5.57. The van der Waals surface area contributed by atoms with Crippen LogP contribution in [0.4, 0.5) is 0 Å². The molecule has 0 aromatic heterocycles. The molecule has 0 saturated carbocycles. The smallest absolute Gasteiger partial charge is 0.122 e. The van der Waals surface area contributed by atoms with E-state index < -0.39 is 0 Å². The van der Waals surface area contributed by atoms with E-state index in [-0.39, 0.29) is 0 Å². The van der Waals surface area contributed by atoms with Crippen LogP contribution in [0.15, 0.2) is 36.9 Å². The highest BCUT2D eigenvalue weighted by Gasteiger charge is 2.03. The molecule has 1 rings (SSSR count). The SMILES string of the molecule is C=CCOc1ccccc1CC(C)C. The Morgan fingerprint density at radius 1 is 1.36 bits per heavy atom. The summed E-state index contributed by atoms with van der Waals surface area (Å²) in [5.74, 6) is 1.64. The van der Waals surface area contributed by atoms with Gasteiger partial charge in [-0.05, 0) is 24.0 Å². The molecule has 0 unspecified atom stereocenters. The normalized spacial score (nSPS) is 10.2. The Kier molecular flexibility index (Phi) is 4.24. The Labute approximate surface area is 86.4 Å². The Hall–Kier alpha value is -1.24. The first-order valence-corrected chi connectivity index (χ1v) is 5.05. The van der Waals surface area contributed by atoms with Gasteiger partial charge < -0.3 is 4.74 Å². The predicted octanol–water partition coefficient (Wildman–Crippen LogP) is 3.45. The molecule has 0 bridgehead atoms. The fourth-order valence-electron chi connectivity index (χ4n) is 1.40. The minimum absolute atomic E-state index is 0.578. The highest BCUT2D eigenvalue weighted by Crippen LogP contribution is 2.20. The largest absolute Gasteiger partial charge is 0.489 e. The first-order valence-electron chi connectivity index (χ1n) is 5.05. The summed E-state index contributed by atoms with van der Waals surface area (Å²) in [4.78, 5) is 0. The standard InChI is InChI=1S/C13H18O/c1-4-9-14-13-8-6-5-7-12(13)10-11(2)3/h4-8,11H,1,9-10H2,2-3H3. The lowest BCUT2D eigenvalue weighted by molar-refractivity contribution is 0.357. The van der Waals surface area contributed by atoms with Gasteiger partial charge in [-0.1, -0.05) is 44.7 Å². The fraction of sp³-hybridized carbons (Fsp3) is 0.385. The minimum atomic E-state index is 0.578. The highest BCUT2D eigenvalue weighted by molar-refractivity contribution is 5.33. The van der Waals surface area contributed by atoms with Gasteiger partial charge in [0, 0.05) is 0 Å². The zero-order valence-electron chi connectivity index (χ0n) is 8.99. The maximum atomic E-state index is 5.57. The number of ether oxygens (including phenoxy) is 1. The molecule has 0 amide bonds. The molecule has 1 heteroatoms. The third-order valence-electron chi connectivity index (χ3n) is 1.96. The van der Waals surface area contributed by atoms with Crippen molar-refractivity contribution in [3.8, 4) is 5.75 Å². The van der Waals surface area contributed by atoms with Crippen molar-refractivity contribution in [2.24, 2.45) is 5.92 Å². The van der Waals surface area contributed by atoms with E-state index in [1.807, 2.05) is 12.1 Å². The zero-order valence-corrected chi connectivity index (χ0v) is 8.99. The van der Waals surface area contributed by atoms with Crippen molar-refractivity contribution < 1.29 is 4.74 Å². The molecule has 1 aromatic rings. The summed E-state index contributed by atoms with van der Waals surface area (Å²) in [6, 6.07) is 8.19. The lowest BCUT2D eigenvalue weighted by atomic mass is 10.0. The number of hydrogen-bond acceptors (Lipinski definition) is 1. The number of rotatable bonds is 5. The topological polar surface area (TPSA) is 9.23 Å². The van der Waals surface area contributed by atoms with Crippen molar-refractivity contribution in [2.75, 3.05) is 6.61 Å². The number of benzene rings is 1. The van der Waals surface area contributed by atoms with E-state index in [0.717, 1.165) is 12.2 Å². The second-order valence-electron chi connectivity index (χ2n) is 3.81. The Morgan fingerprint density at radius 2 is 2.07 bits per heavy atom. The fourth-order valence-corrected chi connectivity index (χ4v) is 1.40. The highest BCUT2D eigenvalue weighted by atomic mass is 16.5. The van der Waals surface area contributed by atoms with E-state index in [4.69, 9.17) is 4.74 Å². The van der Waals surface area contributed by atoms with Crippen LogP contribution < -0.4 is 4.74 Å². The quantitative estimate of drug-likeness (QED) is 0.646. The molecule has 0 atom stereocenters. The van der Waals surface area contributed by atoms with Crippen LogP contribution in [0.3, 0.4) is 0 Å². The molecule has 0 radical (unpaired) electrons. The third kappa shape index (κ3) is 3.25. The van der Waals surface area contributed by atoms with Gasteiger partial charge in [0.25, 0.3) is 0 Å². The summed E-state index contributed by atoms with van der Waals surface area (Å²) in [6.07, 6.45) is 2.83. The molecule has 0 fully saturated rings. The predicted molar refractivity (Wildman–Crippen MR) is 60.7 cm³/mol. The van der Waals surface area contributed by atoms with Gasteiger partial charge in [0.15, 0.2) is 0 Å². The van der Waals surface area contributed by atoms with Crippen molar-refractivity contribution in [1.82, 2.24) is 0 Å². The van der Waals surface area contributed by atoms with E-state index in [9.17, 15) is 0 Å². The van der Waals surface area contributed by atoms with Crippen LogP contribution in [0, 0.1) is 5.92 Å². The average molecular weight is 190 g/mol. The lowest BCUT2D eigenvalue weighted by Crippen LogP contribution is -2.00. The second kappa shape index (κ2) is 5.48. The molecule has 0 spiro atoms. The van der Waals surface area contributed by atoms with Crippen molar-refractivity contribution in [1.29, 1.82) is 0 Å². The van der Waals surface area contributed by atoms with Crippen LogP contribution in [-0.2, 0) is 6.42 Å². The summed E-state index contributed by atoms with van der Waals surface area (Å²) in [6.45, 7) is 8.64. The van der Waals surface area contributed by atoms with E-state index >= 15 is 0 Å². The second-order valence-corrected chi connectivity index (χ2v) is 3.81. The van der Waals surface area contributed by atoms with E-state index in [2.05, 4.69) is 32.6 Å². The lowest BCUT2D eigenvalue weighted by Gasteiger charge is -2.11. The Morgan fingerprint density at radius 3 is 2.71 bits per heavy atom. The molecular formula is C13H18O. The first-order chi connectivity index (χ1) is 6.74.